The van der Waals surface area contributed by atoms with E-state index < -0.39 is 17.3 Å². The molecule has 1 amide bonds. The van der Waals surface area contributed by atoms with Crippen molar-refractivity contribution < 1.29 is 14.3 Å². The van der Waals surface area contributed by atoms with E-state index in [9.17, 15) is 4.79 Å². The van der Waals surface area contributed by atoms with Crippen molar-refractivity contribution in [1.29, 1.82) is 0 Å². The lowest BCUT2D eigenvalue weighted by Gasteiger charge is -2.31. The van der Waals surface area contributed by atoms with Gasteiger partial charge in [0.05, 0.1) is 18.2 Å². The Morgan fingerprint density at radius 3 is 2.28 bits per heavy atom. The van der Waals surface area contributed by atoms with Gasteiger partial charge in [-0.3, -0.25) is 0 Å². The van der Waals surface area contributed by atoms with E-state index in [1.165, 1.54) is 0 Å². The van der Waals surface area contributed by atoms with E-state index in [2.05, 4.69) is 28.2 Å². The van der Waals surface area contributed by atoms with Gasteiger partial charge in [-0.05, 0) is 41.0 Å². The smallest absolute Gasteiger partial charge is 0.407 e. The van der Waals surface area contributed by atoms with Gasteiger partial charge in [0.2, 0.25) is 0 Å². The van der Waals surface area contributed by atoms with E-state index in [1.54, 1.807) is 0 Å². The van der Waals surface area contributed by atoms with E-state index in [1.807, 2.05) is 34.6 Å². The van der Waals surface area contributed by atoms with Crippen molar-refractivity contribution in [3.8, 4) is 0 Å². The minimum absolute atomic E-state index is 0.160. The van der Waals surface area contributed by atoms with Crippen LogP contribution in [0.15, 0.2) is 0 Å². The van der Waals surface area contributed by atoms with Crippen LogP contribution in [0.1, 0.15) is 48.0 Å². The van der Waals surface area contributed by atoms with Gasteiger partial charge in [0, 0.05) is 5.33 Å². The monoisotopic (exact) mass is 323 g/mol. The molecule has 0 saturated heterocycles. The minimum atomic E-state index is -0.480. The summed E-state index contributed by atoms with van der Waals surface area (Å²) in [5, 5.41) is 3.40. The SMILES string of the molecule is CCC(C)OC(C)(CBr)CNC(=O)OC(C)(C)C. The molecule has 0 bridgehead atoms. The molecule has 0 aromatic carbocycles. The molecular formula is C13H26BrNO3. The van der Waals surface area contributed by atoms with Gasteiger partial charge in [-0.2, -0.15) is 0 Å². The molecule has 0 rings (SSSR count). The highest BCUT2D eigenvalue weighted by atomic mass is 79.9. The summed E-state index contributed by atoms with van der Waals surface area (Å²) in [5.74, 6) is 0. The Morgan fingerprint density at radius 2 is 1.89 bits per heavy atom. The Hall–Kier alpha value is -0.290. The van der Waals surface area contributed by atoms with Gasteiger partial charge in [0.15, 0.2) is 0 Å². The van der Waals surface area contributed by atoms with Crippen molar-refractivity contribution >= 4 is 22.0 Å². The molecule has 2 unspecified atom stereocenters. The summed E-state index contributed by atoms with van der Waals surface area (Å²) in [6, 6.07) is 0. The largest absolute Gasteiger partial charge is 0.444 e. The van der Waals surface area contributed by atoms with E-state index in [0.29, 0.717) is 11.9 Å². The number of ether oxygens (including phenoxy) is 2. The van der Waals surface area contributed by atoms with Crippen LogP contribution in [-0.4, -0.2) is 35.3 Å². The molecule has 4 nitrogen and oxygen atoms in total. The molecule has 0 spiro atoms. The molecular weight excluding hydrogens is 298 g/mol. The first-order chi connectivity index (χ1) is 8.12. The zero-order chi connectivity index (χ0) is 14.4. The maximum absolute atomic E-state index is 11.6. The molecule has 0 aromatic rings. The molecule has 0 aliphatic rings. The fraction of sp³-hybridized carbons (Fsp3) is 0.923. The van der Waals surface area contributed by atoms with Crippen molar-refractivity contribution in [1.82, 2.24) is 5.32 Å². The summed E-state index contributed by atoms with van der Waals surface area (Å²) in [6.45, 7) is 12.0. The summed E-state index contributed by atoms with van der Waals surface area (Å²) >= 11 is 3.42. The number of rotatable bonds is 6. The third-order valence-corrected chi connectivity index (χ3v) is 3.54. The quantitative estimate of drug-likeness (QED) is 0.761. The maximum atomic E-state index is 11.6. The van der Waals surface area contributed by atoms with Crippen molar-refractivity contribution in [3.63, 3.8) is 0 Å². The highest BCUT2D eigenvalue weighted by Crippen LogP contribution is 2.17. The lowest BCUT2D eigenvalue weighted by molar-refractivity contribution is -0.0596. The average molecular weight is 324 g/mol. The Balaban J connectivity index is 4.25. The fourth-order valence-electron chi connectivity index (χ4n) is 1.26. The maximum Gasteiger partial charge on any atom is 0.407 e. The lowest BCUT2D eigenvalue weighted by Crippen LogP contribution is -2.47. The Kier molecular flexibility index (Phi) is 7.22. The second-order valence-corrected chi connectivity index (χ2v) is 6.34. The third kappa shape index (κ3) is 7.93. The number of hydrogen-bond acceptors (Lipinski definition) is 3. The van der Waals surface area contributed by atoms with Crippen molar-refractivity contribution in [3.05, 3.63) is 0 Å². The van der Waals surface area contributed by atoms with Crippen LogP contribution in [0.2, 0.25) is 0 Å². The number of carbonyl (C=O) groups excluding carboxylic acids is 1. The summed E-state index contributed by atoms with van der Waals surface area (Å²) in [6.07, 6.45) is 0.685. The summed E-state index contributed by atoms with van der Waals surface area (Å²) in [7, 11) is 0. The van der Waals surface area contributed by atoms with Gasteiger partial charge in [-0.15, -0.1) is 0 Å². The molecule has 0 aliphatic carbocycles. The van der Waals surface area contributed by atoms with Gasteiger partial charge >= 0.3 is 6.09 Å². The average Bonchev–Trinajstić information content (AvgIpc) is 2.24. The van der Waals surface area contributed by atoms with Gasteiger partial charge in [0.25, 0.3) is 0 Å². The molecule has 0 aliphatic heterocycles. The summed E-state index contributed by atoms with van der Waals surface area (Å²) in [4.78, 5) is 11.6. The second-order valence-electron chi connectivity index (χ2n) is 5.78. The number of carbonyl (C=O) groups is 1. The van der Waals surface area contributed by atoms with Gasteiger partial charge in [-0.1, -0.05) is 22.9 Å². The number of alkyl halides is 1. The lowest BCUT2D eigenvalue weighted by atomic mass is 10.1. The van der Waals surface area contributed by atoms with Crippen LogP contribution in [0.25, 0.3) is 0 Å². The third-order valence-electron chi connectivity index (χ3n) is 2.35. The van der Waals surface area contributed by atoms with Crippen LogP contribution in [0, 0.1) is 0 Å². The second kappa shape index (κ2) is 7.34. The highest BCUT2D eigenvalue weighted by molar-refractivity contribution is 9.09. The predicted octanol–water partition coefficient (Wildman–Crippen LogP) is 3.48. The van der Waals surface area contributed by atoms with Gasteiger partial charge in [-0.25, -0.2) is 4.79 Å². The topological polar surface area (TPSA) is 47.6 Å². The molecule has 0 saturated carbocycles. The first kappa shape index (κ1) is 17.7. The fourth-order valence-corrected chi connectivity index (χ4v) is 1.59. The Morgan fingerprint density at radius 1 is 1.33 bits per heavy atom. The number of hydrogen-bond donors (Lipinski definition) is 1. The van der Waals surface area contributed by atoms with E-state index in [0.717, 1.165) is 6.42 Å². The van der Waals surface area contributed by atoms with Crippen LogP contribution < -0.4 is 5.32 Å². The van der Waals surface area contributed by atoms with Crippen molar-refractivity contribution in [2.45, 2.75) is 65.3 Å². The number of halogens is 1. The summed E-state index contributed by atoms with van der Waals surface area (Å²) in [5.41, 5.74) is -0.904. The molecule has 5 heteroatoms. The van der Waals surface area contributed by atoms with Gasteiger partial charge in [0.1, 0.15) is 5.60 Å². The number of alkyl carbamates (subject to hydrolysis) is 1. The number of amides is 1. The molecule has 1 N–H and O–H groups in total. The molecule has 0 heterocycles. The van der Waals surface area contributed by atoms with Crippen molar-refractivity contribution in [2.75, 3.05) is 11.9 Å². The van der Waals surface area contributed by atoms with Gasteiger partial charge < -0.3 is 14.8 Å². The highest BCUT2D eigenvalue weighted by Gasteiger charge is 2.27. The van der Waals surface area contributed by atoms with E-state index in [4.69, 9.17) is 9.47 Å². The van der Waals surface area contributed by atoms with E-state index in [-0.39, 0.29) is 6.10 Å². The van der Waals surface area contributed by atoms with Crippen LogP contribution in [0.3, 0.4) is 0 Å². The Bertz CT molecular complexity index is 265. The van der Waals surface area contributed by atoms with Crippen LogP contribution in [0.4, 0.5) is 4.79 Å². The first-order valence-corrected chi connectivity index (χ1v) is 7.44. The van der Waals surface area contributed by atoms with Crippen molar-refractivity contribution in [2.24, 2.45) is 0 Å². The molecule has 18 heavy (non-hydrogen) atoms. The molecule has 2 atom stereocenters. The first-order valence-electron chi connectivity index (χ1n) is 6.32. The predicted molar refractivity (Wildman–Crippen MR) is 77.3 cm³/mol. The standard InChI is InChI=1S/C13H26BrNO3/c1-7-10(2)17-13(6,8-14)9-15-11(16)18-12(3,4)5/h10H,7-9H2,1-6H3,(H,15,16). The van der Waals surface area contributed by atoms with Crippen LogP contribution in [-0.2, 0) is 9.47 Å². The zero-order valence-corrected chi connectivity index (χ0v) is 13.9. The van der Waals surface area contributed by atoms with Crippen LogP contribution >= 0.6 is 15.9 Å². The molecule has 108 valence electrons. The molecule has 0 aromatic heterocycles. The molecule has 0 fully saturated rings. The normalized spacial score (nSPS) is 16.8. The summed E-state index contributed by atoms with van der Waals surface area (Å²) < 4.78 is 11.1. The zero-order valence-electron chi connectivity index (χ0n) is 12.3. The van der Waals surface area contributed by atoms with E-state index >= 15 is 0 Å². The van der Waals surface area contributed by atoms with Crippen LogP contribution in [0.5, 0.6) is 0 Å². The number of nitrogens with one attached hydrogen (secondary N) is 1. The Labute approximate surface area is 119 Å². The molecule has 0 radical (unpaired) electrons. The minimum Gasteiger partial charge on any atom is -0.444 e.